The van der Waals surface area contributed by atoms with Gasteiger partial charge in [-0.05, 0) is 36.6 Å². The minimum absolute atomic E-state index is 0.0331. The predicted molar refractivity (Wildman–Crippen MR) is 94.3 cm³/mol. The van der Waals surface area contributed by atoms with Gasteiger partial charge in [-0.1, -0.05) is 0 Å². The summed E-state index contributed by atoms with van der Waals surface area (Å²) in [6.07, 6.45) is 8.48. The number of ether oxygens (including phenoxy) is 1. The van der Waals surface area contributed by atoms with Crippen molar-refractivity contribution < 1.29 is 18.7 Å². The van der Waals surface area contributed by atoms with Gasteiger partial charge in [0, 0.05) is 45.1 Å². The largest absolute Gasteiger partial charge is 0.472 e. The van der Waals surface area contributed by atoms with Crippen LogP contribution in [0.1, 0.15) is 35.2 Å². The van der Waals surface area contributed by atoms with Crippen molar-refractivity contribution in [1.29, 1.82) is 0 Å². The third-order valence-corrected chi connectivity index (χ3v) is 4.35. The van der Waals surface area contributed by atoms with Gasteiger partial charge >= 0.3 is 0 Å². The summed E-state index contributed by atoms with van der Waals surface area (Å²) in [5, 5.41) is 2.87. The highest BCUT2D eigenvalue weighted by atomic mass is 16.5. The van der Waals surface area contributed by atoms with Crippen molar-refractivity contribution in [3.8, 4) is 0 Å². The third kappa shape index (κ3) is 5.16. The second kappa shape index (κ2) is 9.15. The number of carbonyl (C=O) groups excluding carboxylic acids is 2. The molecule has 0 bridgehead atoms. The molecule has 2 aromatic heterocycles. The van der Waals surface area contributed by atoms with E-state index in [0.29, 0.717) is 25.2 Å². The lowest BCUT2D eigenvalue weighted by atomic mass is 10.2. The van der Waals surface area contributed by atoms with Crippen molar-refractivity contribution in [3.63, 3.8) is 0 Å². The molecule has 1 aliphatic heterocycles. The number of hydrogen-bond acceptors (Lipinski definition) is 5. The van der Waals surface area contributed by atoms with Crippen LogP contribution in [-0.2, 0) is 16.1 Å². The fourth-order valence-electron chi connectivity index (χ4n) is 2.90. The topological polar surface area (TPSA) is 84.7 Å². The third-order valence-electron chi connectivity index (χ3n) is 4.35. The van der Waals surface area contributed by atoms with Crippen molar-refractivity contribution in [2.45, 2.75) is 31.9 Å². The molecule has 1 unspecified atom stereocenters. The molecule has 0 aromatic carbocycles. The van der Waals surface area contributed by atoms with Crippen molar-refractivity contribution in [2.24, 2.45) is 0 Å². The quantitative estimate of drug-likeness (QED) is 0.781. The lowest BCUT2D eigenvalue weighted by Crippen LogP contribution is -2.39. The second-order valence-electron chi connectivity index (χ2n) is 6.28. The molecule has 1 aliphatic rings. The number of carbonyl (C=O) groups is 2. The van der Waals surface area contributed by atoms with Crippen molar-refractivity contribution in [3.05, 3.63) is 54.2 Å². The number of nitrogens with one attached hydrogen (secondary N) is 1. The highest BCUT2D eigenvalue weighted by Gasteiger charge is 2.24. The maximum Gasteiger partial charge on any atom is 0.257 e. The summed E-state index contributed by atoms with van der Waals surface area (Å²) < 4.78 is 10.6. The SMILES string of the molecule is O=C(CCN(CC1CCCO1)C(=O)c1ccoc1)NCc1ccncc1. The molecule has 2 aromatic rings. The number of pyridine rings is 1. The average molecular weight is 357 g/mol. The Bertz CT molecular complexity index is 697. The molecule has 0 saturated carbocycles. The number of furan rings is 1. The molecule has 7 heteroatoms. The van der Waals surface area contributed by atoms with E-state index in [0.717, 1.165) is 25.0 Å². The van der Waals surface area contributed by atoms with Crippen LogP contribution < -0.4 is 5.32 Å². The van der Waals surface area contributed by atoms with Crippen LogP contribution >= 0.6 is 0 Å². The van der Waals surface area contributed by atoms with Gasteiger partial charge in [-0.3, -0.25) is 14.6 Å². The summed E-state index contributed by atoms with van der Waals surface area (Å²) in [4.78, 5) is 30.4. The smallest absolute Gasteiger partial charge is 0.257 e. The van der Waals surface area contributed by atoms with E-state index in [1.165, 1.54) is 12.5 Å². The van der Waals surface area contributed by atoms with Crippen LogP contribution in [0.4, 0.5) is 0 Å². The maximum atomic E-state index is 12.7. The number of aromatic nitrogens is 1. The maximum absolute atomic E-state index is 12.7. The first kappa shape index (κ1) is 18.1. The van der Waals surface area contributed by atoms with Gasteiger partial charge in [0.25, 0.3) is 5.91 Å². The standard InChI is InChI=1S/C19H23N3O4/c23-18(21-12-15-3-7-20-8-4-15)5-9-22(13-17-2-1-10-26-17)19(24)16-6-11-25-14-16/h3-4,6-8,11,14,17H,1-2,5,9-10,12-13H2,(H,21,23). The van der Waals surface area contributed by atoms with Gasteiger partial charge in [0.1, 0.15) is 6.26 Å². The lowest BCUT2D eigenvalue weighted by Gasteiger charge is -2.25. The summed E-state index contributed by atoms with van der Waals surface area (Å²) in [6.45, 7) is 2.00. The van der Waals surface area contributed by atoms with Crippen LogP contribution in [0.25, 0.3) is 0 Å². The molecule has 1 atom stereocenters. The predicted octanol–water partition coefficient (Wildman–Crippen LogP) is 2.00. The molecule has 3 rings (SSSR count). The molecule has 1 N–H and O–H groups in total. The minimum Gasteiger partial charge on any atom is -0.472 e. The van der Waals surface area contributed by atoms with Crippen LogP contribution in [0.15, 0.2) is 47.5 Å². The zero-order chi connectivity index (χ0) is 18.2. The molecule has 7 nitrogen and oxygen atoms in total. The summed E-state index contributed by atoms with van der Waals surface area (Å²) >= 11 is 0. The molecule has 0 aliphatic carbocycles. The van der Waals surface area contributed by atoms with Crippen LogP contribution in [-0.4, -0.2) is 47.5 Å². The van der Waals surface area contributed by atoms with Crippen LogP contribution in [0.5, 0.6) is 0 Å². The average Bonchev–Trinajstić information content (AvgIpc) is 3.37. The highest BCUT2D eigenvalue weighted by Crippen LogP contribution is 2.15. The van der Waals surface area contributed by atoms with E-state index in [4.69, 9.17) is 9.15 Å². The fraction of sp³-hybridized carbons (Fsp3) is 0.421. The van der Waals surface area contributed by atoms with E-state index in [1.54, 1.807) is 23.4 Å². The fourth-order valence-corrected chi connectivity index (χ4v) is 2.90. The Morgan fingerprint density at radius 2 is 2.12 bits per heavy atom. The first-order chi connectivity index (χ1) is 12.7. The second-order valence-corrected chi connectivity index (χ2v) is 6.28. The monoisotopic (exact) mass is 357 g/mol. The van der Waals surface area contributed by atoms with Crippen molar-refractivity contribution in [1.82, 2.24) is 15.2 Å². The first-order valence-corrected chi connectivity index (χ1v) is 8.81. The van der Waals surface area contributed by atoms with Crippen molar-refractivity contribution >= 4 is 11.8 Å². The van der Waals surface area contributed by atoms with Gasteiger partial charge in [-0.2, -0.15) is 0 Å². The van der Waals surface area contributed by atoms with Crippen LogP contribution in [0.3, 0.4) is 0 Å². The Morgan fingerprint density at radius 3 is 2.81 bits per heavy atom. The summed E-state index contributed by atoms with van der Waals surface area (Å²) in [7, 11) is 0. The summed E-state index contributed by atoms with van der Waals surface area (Å²) in [5.41, 5.74) is 1.47. The molecule has 0 spiro atoms. The van der Waals surface area contributed by atoms with Gasteiger partial charge in [-0.15, -0.1) is 0 Å². The molecule has 1 fully saturated rings. The molecular weight excluding hydrogens is 334 g/mol. The van der Waals surface area contributed by atoms with E-state index >= 15 is 0 Å². The van der Waals surface area contributed by atoms with E-state index in [-0.39, 0.29) is 24.3 Å². The van der Waals surface area contributed by atoms with E-state index < -0.39 is 0 Å². The Balaban J connectivity index is 1.52. The Labute approximate surface area is 152 Å². The van der Waals surface area contributed by atoms with E-state index in [2.05, 4.69) is 10.3 Å². The molecule has 2 amide bonds. The number of rotatable bonds is 8. The van der Waals surface area contributed by atoms with E-state index in [1.807, 2.05) is 12.1 Å². The van der Waals surface area contributed by atoms with Crippen LogP contribution in [0.2, 0.25) is 0 Å². The minimum atomic E-state index is -0.142. The summed E-state index contributed by atoms with van der Waals surface area (Å²) in [5.74, 6) is -0.240. The van der Waals surface area contributed by atoms with Gasteiger partial charge < -0.3 is 19.4 Å². The molecule has 3 heterocycles. The molecular formula is C19H23N3O4. The van der Waals surface area contributed by atoms with E-state index in [9.17, 15) is 9.59 Å². The zero-order valence-electron chi connectivity index (χ0n) is 14.6. The Morgan fingerprint density at radius 1 is 1.27 bits per heavy atom. The van der Waals surface area contributed by atoms with Crippen molar-refractivity contribution in [2.75, 3.05) is 19.7 Å². The zero-order valence-corrected chi connectivity index (χ0v) is 14.6. The molecule has 0 radical (unpaired) electrons. The summed E-state index contributed by atoms with van der Waals surface area (Å²) in [6, 6.07) is 5.34. The van der Waals surface area contributed by atoms with Gasteiger partial charge in [0.2, 0.25) is 5.91 Å². The Hall–Kier alpha value is -2.67. The molecule has 1 saturated heterocycles. The number of amides is 2. The first-order valence-electron chi connectivity index (χ1n) is 8.81. The number of nitrogens with zero attached hydrogens (tertiary/aromatic N) is 2. The Kier molecular flexibility index (Phi) is 6.38. The van der Waals surface area contributed by atoms with Gasteiger partial charge in [-0.25, -0.2) is 0 Å². The van der Waals surface area contributed by atoms with Gasteiger partial charge in [0.05, 0.1) is 17.9 Å². The molecule has 26 heavy (non-hydrogen) atoms. The normalized spacial score (nSPS) is 16.4. The van der Waals surface area contributed by atoms with Gasteiger partial charge in [0.15, 0.2) is 0 Å². The number of hydrogen-bond donors (Lipinski definition) is 1. The lowest BCUT2D eigenvalue weighted by molar-refractivity contribution is -0.121. The highest BCUT2D eigenvalue weighted by molar-refractivity contribution is 5.94. The van der Waals surface area contributed by atoms with Crippen LogP contribution in [0, 0.1) is 0 Å². The molecule has 138 valence electrons.